The molecule has 54 heavy (non-hydrogen) atoms. The molecule has 6 fully saturated rings. The standard InChI is InChI=1S/C51H63BN2/c1-30-28-29-41-47-44(30)49(3)36-21-11-7-17-32(36)34-19-9-13-23-38(34)51(49,5)54(47)43-27-15-26-42-45(43)52(41)40-25-14-24-39-46(40)53(42)50(4)37-22-12-8-18-33(37)31-16-6-10-20-35(31)48(39,50)2/h14-15,24-29,31-38H,6-13,16-23H2,1-5H3. The largest absolute Gasteiger partial charge is 0.335 e. The predicted octanol–water partition coefficient (Wildman–Crippen LogP) is 10.7. The minimum Gasteiger partial charge on any atom is -0.335 e. The van der Waals surface area contributed by atoms with E-state index in [9.17, 15) is 0 Å². The van der Waals surface area contributed by atoms with Gasteiger partial charge in [-0.05, 0) is 165 Å². The van der Waals surface area contributed by atoms with Gasteiger partial charge in [0.1, 0.15) is 0 Å². The van der Waals surface area contributed by atoms with E-state index in [1.54, 1.807) is 55.8 Å². The number of hydrogen-bond donors (Lipinski definition) is 0. The van der Waals surface area contributed by atoms with Crippen LogP contribution in [0.15, 0.2) is 48.5 Å². The third-order valence-electron chi connectivity index (χ3n) is 20.8. The summed E-state index contributed by atoms with van der Waals surface area (Å²) in [5.74, 6) is 6.64. The van der Waals surface area contributed by atoms with Crippen molar-refractivity contribution in [1.29, 1.82) is 0 Å². The van der Waals surface area contributed by atoms with Crippen LogP contribution in [0.25, 0.3) is 0 Å². The number of aryl methyl sites for hydroxylation is 1. The second-order valence-corrected chi connectivity index (χ2v) is 21.7. The fraction of sp³-hybridized carbons (Fsp3) is 0.647. The molecule has 6 saturated carbocycles. The Bertz CT molecular complexity index is 2140. The van der Waals surface area contributed by atoms with Gasteiger partial charge in [0, 0.05) is 33.6 Å². The molecule has 6 aliphatic carbocycles. The van der Waals surface area contributed by atoms with Crippen molar-refractivity contribution < 1.29 is 0 Å². The molecular weight excluding hydrogens is 651 g/mol. The lowest BCUT2D eigenvalue weighted by atomic mass is 9.33. The molecule has 12 atom stereocenters. The first-order valence-electron chi connectivity index (χ1n) is 23.3. The van der Waals surface area contributed by atoms with Crippen molar-refractivity contribution in [2.24, 2.45) is 47.3 Å². The van der Waals surface area contributed by atoms with Gasteiger partial charge in [-0.3, -0.25) is 0 Å². The summed E-state index contributed by atoms with van der Waals surface area (Å²) in [6, 6.07) is 20.8. The lowest BCUT2D eigenvalue weighted by molar-refractivity contribution is -0.0771. The molecule has 4 heterocycles. The van der Waals surface area contributed by atoms with E-state index in [2.05, 4.69) is 92.9 Å². The number of fused-ring (bicyclic) bond motifs is 20. The summed E-state index contributed by atoms with van der Waals surface area (Å²) in [6.07, 6.45) is 23.1. The maximum Gasteiger partial charge on any atom is 0.252 e. The SMILES string of the molecule is Cc1ccc2c3c1C1(C)C4CCCCC4C4CCCCC4C1(C)N3c1cccc3c1B2c1cccc2c1N3C1(C)C3CCCCC3C3CCCCC3C21C. The first kappa shape index (κ1) is 32.4. The lowest BCUT2D eigenvalue weighted by Crippen LogP contribution is -2.72. The molecule has 12 unspecified atom stereocenters. The Labute approximate surface area is 326 Å². The summed E-state index contributed by atoms with van der Waals surface area (Å²) >= 11 is 0. The van der Waals surface area contributed by atoms with E-state index < -0.39 is 0 Å². The minimum absolute atomic E-state index is 0.0834. The Balaban J connectivity index is 1.11. The summed E-state index contributed by atoms with van der Waals surface area (Å²) in [5.41, 5.74) is 16.9. The number of rotatable bonds is 0. The second-order valence-electron chi connectivity index (χ2n) is 21.7. The maximum atomic E-state index is 3.11. The quantitative estimate of drug-likeness (QED) is 0.214. The van der Waals surface area contributed by atoms with Gasteiger partial charge in [-0.1, -0.05) is 102 Å². The van der Waals surface area contributed by atoms with E-state index in [0.717, 1.165) is 47.3 Å². The third kappa shape index (κ3) is 3.25. The van der Waals surface area contributed by atoms with Crippen LogP contribution in [0.1, 0.15) is 147 Å². The molecule has 0 saturated heterocycles. The molecule has 3 aromatic rings. The molecule has 0 bridgehead atoms. The van der Waals surface area contributed by atoms with E-state index in [1.165, 1.54) is 103 Å². The summed E-state index contributed by atoms with van der Waals surface area (Å²) in [5, 5.41) is 0. The van der Waals surface area contributed by atoms with E-state index in [1.807, 2.05) is 0 Å². The van der Waals surface area contributed by atoms with Gasteiger partial charge in [-0.15, -0.1) is 0 Å². The highest BCUT2D eigenvalue weighted by atomic mass is 15.3. The predicted molar refractivity (Wildman–Crippen MR) is 226 cm³/mol. The van der Waals surface area contributed by atoms with Crippen LogP contribution in [0.2, 0.25) is 0 Å². The molecule has 4 aliphatic heterocycles. The molecule has 280 valence electrons. The fourth-order valence-corrected chi connectivity index (χ4v) is 19.0. The number of nitrogens with zero attached hydrogens (tertiary/aromatic N) is 2. The molecule has 3 aromatic carbocycles. The molecule has 0 amide bonds. The smallest absolute Gasteiger partial charge is 0.252 e. The summed E-state index contributed by atoms with van der Waals surface area (Å²) < 4.78 is 0. The zero-order valence-electron chi connectivity index (χ0n) is 34.0. The lowest BCUT2D eigenvalue weighted by Gasteiger charge is -2.66. The van der Waals surface area contributed by atoms with Gasteiger partial charge < -0.3 is 9.80 Å². The van der Waals surface area contributed by atoms with Gasteiger partial charge in [0.2, 0.25) is 0 Å². The molecule has 10 aliphatic rings. The zero-order chi connectivity index (χ0) is 36.1. The number of benzene rings is 3. The van der Waals surface area contributed by atoms with Crippen molar-refractivity contribution >= 4 is 45.9 Å². The molecule has 13 rings (SSSR count). The van der Waals surface area contributed by atoms with Crippen molar-refractivity contribution in [3.05, 3.63) is 65.2 Å². The van der Waals surface area contributed by atoms with Gasteiger partial charge in [0.25, 0.3) is 6.71 Å². The topological polar surface area (TPSA) is 6.48 Å². The van der Waals surface area contributed by atoms with E-state index in [0.29, 0.717) is 6.71 Å². The Kier molecular flexibility index (Phi) is 6.26. The van der Waals surface area contributed by atoms with Crippen molar-refractivity contribution in [3.63, 3.8) is 0 Å². The molecule has 0 N–H and O–H groups in total. The Morgan fingerprint density at radius 2 is 0.963 bits per heavy atom. The molecule has 2 nitrogen and oxygen atoms in total. The van der Waals surface area contributed by atoms with Crippen molar-refractivity contribution in [2.75, 3.05) is 9.80 Å². The first-order chi connectivity index (χ1) is 26.3. The van der Waals surface area contributed by atoms with Crippen molar-refractivity contribution in [1.82, 2.24) is 0 Å². The normalized spacial score (nSPS) is 44.1. The van der Waals surface area contributed by atoms with Crippen molar-refractivity contribution in [3.8, 4) is 0 Å². The van der Waals surface area contributed by atoms with Crippen LogP contribution in [0.5, 0.6) is 0 Å². The summed E-state index contributed by atoms with van der Waals surface area (Å²) in [6.45, 7) is 14.1. The van der Waals surface area contributed by atoms with Gasteiger partial charge in [-0.2, -0.15) is 0 Å². The summed E-state index contributed by atoms with van der Waals surface area (Å²) in [7, 11) is 0. The number of hydrogen-bond acceptors (Lipinski definition) is 2. The second kappa shape index (κ2) is 10.4. The van der Waals surface area contributed by atoms with Crippen LogP contribution >= 0.6 is 0 Å². The molecule has 3 heteroatoms. The van der Waals surface area contributed by atoms with E-state index >= 15 is 0 Å². The van der Waals surface area contributed by atoms with Crippen LogP contribution in [0, 0.1) is 54.3 Å². The Morgan fingerprint density at radius 1 is 0.500 bits per heavy atom. The summed E-state index contributed by atoms with van der Waals surface area (Å²) in [4.78, 5) is 6.21. The molecule has 0 aromatic heterocycles. The average Bonchev–Trinajstić information content (AvgIpc) is 3.58. The highest BCUT2D eigenvalue weighted by Crippen LogP contribution is 2.74. The van der Waals surface area contributed by atoms with Crippen LogP contribution < -0.4 is 26.2 Å². The van der Waals surface area contributed by atoms with Crippen LogP contribution in [-0.4, -0.2) is 17.8 Å². The van der Waals surface area contributed by atoms with Crippen LogP contribution in [0.3, 0.4) is 0 Å². The minimum atomic E-state index is 0.0834. The van der Waals surface area contributed by atoms with E-state index in [-0.39, 0.29) is 21.9 Å². The van der Waals surface area contributed by atoms with Gasteiger partial charge >= 0.3 is 0 Å². The van der Waals surface area contributed by atoms with E-state index in [4.69, 9.17) is 0 Å². The van der Waals surface area contributed by atoms with Gasteiger partial charge in [0.15, 0.2) is 0 Å². The molecular formula is C51H63BN2. The van der Waals surface area contributed by atoms with Gasteiger partial charge in [0.05, 0.1) is 11.1 Å². The molecule has 0 spiro atoms. The van der Waals surface area contributed by atoms with Crippen molar-refractivity contribution in [2.45, 2.75) is 159 Å². The third-order valence-corrected chi connectivity index (χ3v) is 20.8. The zero-order valence-corrected chi connectivity index (χ0v) is 34.0. The molecule has 0 radical (unpaired) electrons. The monoisotopic (exact) mass is 715 g/mol. The average molecular weight is 715 g/mol. The van der Waals surface area contributed by atoms with Gasteiger partial charge in [-0.25, -0.2) is 0 Å². The number of anilines is 4. The fourth-order valence-electron chi connectivity index (χ4n) is 19.0. The Morgan fingerprint density at radius 3 is 1.57 bits per heavy atom. The maximum absolute atomic E-state index is 3.11. The first-order valence-corrected chi connectivity index (χ1v) is 23.3. The highest BCUT2D eigenvalue weighted by Gasteiger charge is 2.74. The Hall–Kier alpha value is -2.68. The number of para-hydroxylation sites is 1. The highest BCUT2D eigenvalue weighted by molar-refractivity contribution is 7.00. The van der Waals surface area contributed by atoms with Crippen LogP contribution in [0.4, 0.5) is 22.7 Å². The van der Waals surface area contributed by atoms with Crippen LogP contribution in [-0.2, 0) is 10.8 Å².